The molecule has 4 nitrogen and oxygen atoms in total. The highest BCUT2D eigenvalue weighted by Crippen LogP contribution is 2.41. The van der Waals surface area contributed by atoms with E-state index in [4.69, 9.17) is 11.0 Å². The molecule has 0 aromatic carbocycles. The molecule has 0 aliphatic rings. The summed E-state index contributed by atoms with van der Waals surface area (Å²) in [6, 6.07) is 2.56. The van der Waals surface area contributed by atoms with E-state index in [0.717, 1.165) is 16.4 Å². The molecule has 0 spiro atoms. The first-order valence-corrected chi connectivity index (χ1v) is 7.32. The molecular weight excluding hydrogens is 252 g/mol. The van der Waals surface area contributed by atoms with Crippen molar-refractivity contribution in [1.29, 1.82) is 5.26 Å². The summed E-state index contributed by atoms with van der Waals surface area (Å²) >= 11 is 3.00. The van der Waals surface area contributed by atoms with Crippen molar-refractivity contribution in [2.24, 2.45) is 0 Å². The van der Waals surface area contributed by atoms with Gasteiger partial charge in [0, 0.05) is 12.6 Å². The second-order valence-corrected chi connectivity index (χ2v) is 5.85. The van der Waals surface area contributed by atoms with Gasteiger partial charge >= 0.3 is 0 Å². The molecule has 0 aliphatic heterocycles. The van der Waals surface area contributed by atoms with Crippen LogP contribution in [0.5, 0.6) is 0 Å². The molecule has 0 amide bonds. The zero-order valence-electron chi connectivity index (χ0n) is 10.6. The van der Waals surface area contributed by atoms with Gasteiger partial charge in [0.1, 0.15) is 15.9 Å². The predicted molar refractivity (Wildman–Crippen MR) is 76.9 cm³/mol. The fourth-order valence-corrected chi connectivity index (χ4v) is 3.09. The molecule has 1 heterocycles. The first-order valence-electron chi connectivity index (χ1n) is 5.27. The van der Waals surface area contributed by atoms with E-state index in [1.54, 1.807) is 11.8 Å². The molecule has 0 saturated heterocycles. The minimum Gasteiger partial charge on any atom is -0.396 e. The molecule has 94 valence electrons. The number of hydrogen-bond donors (Lipinski definition) is 2. The molecule has 0 bridgehead atoms. The molecule has 17 heavy (non-hydrogen) atoms. The number of nitrogen functional groups attached to an aromatic ring is 1. The van der Waals surface area contributed by atoms with Gasteiger partial charge in [0.2, 0.25) is 0 Å². The quantitative estimate of drug-likeness (QED) is 0.804. The Kier molecular flexibility index (Phi) is 5.12. The minimum absolute atomic E-state index is 0.429. The summed E-state index contributed by atoms with van der Waals surface area (Å²) in [6.07, 6.45) is 1.97. The average Bonchev–Trinajstić information content (AvgIpc) is 2.61. The van der Waals surface area contributed by atoms with Crippen LogP contribution in [0.2, 0.25) is 0 Å². The third kappa shape index (κ3) is 3.28. The van der Waals surface area contributed by atoms with Crippen LogP contribution in [0.3, 0.4) is 0 Å². The Labute approximate surface area is 111 Å². The summed E-state index contributed by atoms with van der Waals surface area (Å²) in [6.45, 7) is 2.99. The van der Waals surface area contributed by atoms with Gasteiger partial charge in [0.15, 0.2) is 0 Å². The summed E-state index contributed by atoms with van der Waals surface area (Å²) in [5.74, 6) is 0. The Balaban J connectivity index is 2.81. The maximum Gasteiger partial charge on any atom is 0.131 e. The molecule has 1 unspecified atom stereocenters. The van der Waals surface area contributed by atoms with Gasteiger partial charge < -0.3 is 16.0 Å². The number of nitrogens with two attached hydrogens (primary N) is 1. The number of nitriles is 1. The van der Waals surface area contributed by atoms with Gasteiger partial charge in [-0.2, -0.15) is 5.26 Å². The van der Waals surface area contributed by atoms with Crippen LogP contribution in [-0.2, 0) is 0 Å². The monoisotopic (exact) mass is 270 g/mol. The van der Waals surface area contributed by atoms with Gasteiger partial charge in [-0.15, -0.1) is 23.1 Å². The lowest BCUT2D eigenvalue weighted by Gasteiger charge is -2.20. The maximum absolute atomic E-state index is 8.95. The van der Waals surface area contributed by atoms with Crippen molar-refractivity contribution in [2.75, 3.05) is 37.9 Å². The van der Waals surface area contributed by atoms with Gasteiger partial charge in [-0.25, -0.2) is 0 Å². The zero-order chi connectivity index (χ0) is 13.0. The molecule has 1 aromatic rings. The number of likely N-dealkylation sites (N-methyl/N-ethyl adjacent to an activating group) is 1. The van der Waals surface area contributed by atoms with Gasteiger partial charge in [-0.1, -0.05) is 0 Å². The molecule has 1 atom stereocenters. The molecule has 1 rings (SSSR count). The first kappa shape index (κ1) is 14.2. The summed E-state index contributed by atoms with van der Waals surface area (Å²) in [5, 5.41) is 13.3. The van der Waals surface area contributed by atoms with Crippen LogP contribution < -0.4 is 11.1 Å². The van der Waals surface area contributed by atoms with E-state index in [1.165, 1.54) is 11.3 Å². The Morgan fingerprint density at radius 1 is 1.59 bits per heavy atom. The largest absolute Gasteiger partial charge is 0.396 e. The topological polar surface area (TPSA) is 65.1 Å². The van der Waals surface area contributed by atoms with E-state index in [1.807, 2.05) is 20.4 Å². The lowest BCUT2D eigenvalue weighted by molar-refractivity contribution is 0.326. The fraction of sp³-hybridized carbons (Fsp3) is 0.545. The van der Waals surface area contributed by atoms with Crippen molar-refractivity contribution >= 4 is 33.8 Å². The van der Waals surface area contributed by atoms with Crippen molar-refractivity contribution in [3.8, 4) is 6.07 Å². The summed E-state index contributed by atoms with van der Waals surface area (Å²) < 4.78 is 0. The van der Waals surface area contributed by atoms with E-state index in [9.17, 15) is 0 Å². The molecule has 0 radical (unpaired) electrons. The minimum atomic E-state index is 0.429. The van der Waals surface area contributed by atoms with Crippen molar-refractivity contribution in [2.45, 2.75) is 17.9 Å². The summed E-state index contributed by atoms with van der Waals surface area (Å²) in [7, 11) is 4.09. The normalized spacial score (nSPS) is 12.5. The molecular formula is C11H18N4S2. The molecule has 0 saturated carbocycles. The van der Waals surface area contributed by atoms with E-state index < -0.39 is 0 Å². The van der Waals surface area contributed by atoms with Gasteiger partial charge in [0.25, 0.3) is 0 Å². The van der Waals surface area contributed by atoms with Gasteiger partial charge in [-0.05, 0) is 27.3 Å². The summed E-state index contributed by atoms with van der Waals surface area (Å²) in [4.78, 5) is 3.72. The van der Waals surface area contributed by atoms with E-state index in [0.29, 0.717) is 16.6 Å². The maximum atomic E-state index is 8.95. The molecule has 0 fully saturated rings. The highest BCUT2D eigenvalue weighted by atomic mass is 32.2. The zero-order valence-corrected chi connectivity index (χ0v) is 12.2. The Hall–Kier alpha value is -0.900. The number of thioether (sulfide) groups is 1. The standard InChI is InChI=1S/C11H18N4S2/c1-7(15(2)3)6-14-11-10(16-4)9(13)8(5-12)17-11/h7,14H,6,13H2,1-4H3. The number of thiophene rings is 1. The van der Waals surface area contributed by atoms with Crippen LogP contribution in [-0.4, -0.2) is 37.8 Å². The fourth-order valence-electron chi connectivity index (χ4n) is 1.25. The number of anilines is 2. The molecule has 6 heteroatoms. The first-order chi connectivity index (χ1) is 8.01. The third-order valence-corrected chi connectivity index (χ3v) is 4.67. The van der Waals surface area contributed by atoms with E-state index >= 15 is 0 Å². The molecule has 3 N–H and O–H groups in total. The van der Waals surface area contributed by atoms with Crippen LogP contribution >= 0.6 is 23.1 Å². The van der Waals surface area contributed by atoms with Crippen LogP contribution in [0.25, 0.3) is 0 Å². The third-order valence-electron chi connectivity index (χ3n) is 2.64. The van der Waals surface area contributed by atoms with Crippen molar-refractivity contribution < 1.29 is 0 Å². The second kappa shape index (κ2) is 6.15. The number of rotatable bonds is 5. The van der Waals surface area contributed by atoms with Crippen molar-refractivity contribution in [3.05, 3.63) is 4.88 Å². The van der Waals surface area contributed by atoms with Crippen LogP contribution in [0.4, 0.5) is 10.7 Å². The predicted octanol–water partition coefficient (Wildman–Crippen LogP) is 2.29. The highest BCUT2D eigenvalue weighted by Gasteiger charge is 2.15. The Morgan fingerprint density at radius 3 is 2.71 bits per heavy atom. The number of nitrogens with zero attached hydrogens (tertiary/aromatic N) is 2. The Morgan fingerprint density at radius 2 is 2.24 bits per heavy atom. The number of hydrogen-bond acceptors (Lipinski definition) is 6. The van der Waals surface area contributed by atoms with E-state index in [2.05, 4.69) is 23.2 Å². The smallest absolute Gasteiger partial charge is 0.131 e. The van der Waals surface area contributed by atoms with Gasteiger partial charge in [-0.3, -0.25) is 0 Å². The van der Waals surface area contributed by atoms with Crippen LogP contribution in [0.1, 0.15) is 11.8 Å². The van der Waals surface area contributed by atoms with Crippen molar-refractivity contribution in [1.82, 2.24) is 4.90 Å². The van der Waals surface area contributed by atoms with E-state index in [-0.39, 0.29) is 0 Å². The molecule has 1 aromatic heterocycles. The number of nitrogens with one attached hydrogen (secondary N) is 1. The average molecular weight is 270 g/mol. The Bertz CT molecular complexity index is 420. The summed E-state index contributed by atoms with van der Waals surface area (Å²) in [5.41, 5.74) is 6.51. The van der Waals surface area contributed by atoms with Crippen LogP contribution in [0.15, 0.2) is 4.90 Å². The molecule has 0 aliphatic carbocycles. The SMILES string of the molecule is CSc1c(NCC(C)N(C)C)sc(C#N)c1N. The highest BCUT2D eigenvalue weighted by molar-refractivity contribution is 7.99. The van der Waals surface area contributed by atoms with Gasteiger partial charge in [0.05, 0.1) is 10.6 Å². The van der Waals surface area contributed by atoms with Crippen molar-refractivity contribution in [3.63, 3.8) is 0 Å². The lowest BCUT2D eigenvalue weighted by Crippen LogP contribution is -2.31. The van der Waals surface area contributed by atoms with Crippen LogP contribution in [0, 0.1) is 11.3 Å². The lowest BCUT2D eigenvalue weighted by atomic mass is 10.3. The second-order valence-electron chi connectivity index (χ2n) is 4.01.